The van der Waals surface area contributed by atoms with Crippen molar-refractivity contribution in [1.82, 2.24) is 5.16 Å². The Hall–Kier alpha value is -0.880. The van der Waals surface area contributed by atoms with Crippen LogP contribution >= 0.6 is 7.82 Å². The minimum absolute atomic E-state index is 0.426. The van der Waals surface area contributed by atoms with Crippen molar-refractivity contribution in [2.45, 2.75) is 0 Å². The van der Waals surface area contributed by atoms with Gasteiger partial charge in [0.25, 0.3) is 0 Å². The predicted molar refractivity (Wildman–Crippen MR) is 35.2 cm³/mol. The molecule has 0 fully saturated rings. The standard InChI is InChI=1S/C3H4N2O.H3O4P/c4-3-1-2-6-5-3;1-5(2,3)4/h1-2H,(H2,4,5);(H3,1,2,3,4). The molecule has 7 nitrogen and oxygen atoms in total. The summed E-state index contributed by atoms with van der Waals surface area (Å²) in [5.41, 5.74) is 5.07. The molecule has 1 aromatic heterocycles. The van der Waals surface area contributed by atoms with Gasteiger partial charge in [0.1, 0.15) is 6.26 Å². The van der Waals surface area contributed by atoms with Gasteiger partial charge < -0.3 is 24.9 Å². The molecule has 0 saturated heterocycles. The van der Waals surface area contributed by atoms with Crippen LogP contribution in [0.1, 0.15) is 0 Å². The van der Waals surface area contributed by atoms with Crippen LogP contribution in [0, 0.1) is 0 Å². The fourth-order valence-corrected chi connectivity index (χ4v) is 0.222. The molecule has 1 rings (SSSR count). The van der Waals surface area contributed by atoms with Crippen LogP contribution in [0.3, 0.4) is 0 Å². The van der Waals surface area contributed by atoms with Crippen LogP contribution in [-0.4, -0.2) is 19.8 Å². The van der Waals surface area contributed by atoms with Crippen molar-refractivity contribution >= 4 is 13.6 Å². The van der Waals surface area contributed by atoms with Crippen LogP contribution in [0.25, 0.3) is 0 Å². The molecule has 0 radical (unpaired) electrons. The van der Waals surface area contributed by atoms with E-state index in [1.807, 2.05) is 0 Å². The molecule has 11 heavy (non-hydrogen) atoms. The lowest BCUT2D eigenvalue weighted by atomic mass is 10.7. The summed E-state index contributed by atoms with van der Waals surface area (Å²) in [5, 5.41) is 3.32. The molecule has 0 aromatic carbocycles. The first-order valence-corrected chi connectivity index (χ1v) is 3.90. The van der Waals surface area contributed by atoms with E-state index < -0.39 is 7.82 Å². The maximum absolute atomic E-state index is 8.88. The number of nitrogens with zero attached hydrogens (tertiary/aromatic N) is 1. The van der Waals surface area contributed by atoms with Crippen LogP contribution in [0.15, 0.2) is 16.9 Å². The van der Waals surface area contributed by atoms with E-state index in [0.29, 0.717) is 5.82 Å². The summed E-state index contributed by atoms with van der Waals surface area (Å²) >= 11 is 0. The van der Waals surface area contributed by atoms with Gasteiger partial charge in [-0.05, 0) is 0 Å². The number of nitrogen functional groups attached to an aromatic ring is 1. The normalized spacial score (nSPS) is 10.1. The summed E-state index contributed by atoms with van der Waals surface area (Å²) in [7, 11) is -4.64. The summed E-state index contributed by atoms with van der Waals surface area (Å²) in [6, 6.07) is 1.58. The zero-order valence-corrected chi connectivity index (χ0v) is 6.18. The molecule has 0 aliphatic heterocycles. The third kappa shape index (κ3) is 12.3. The van der Waals surface area contributed by atoms with Gasteiger partial charge in [-0.15, -0.1) is 0 Å². The Morgan fingerprint density at radius 1 is 1.55 bits per heavy atom. The van der Waals surface area contributed by atoms with Crippen molar-refractivity contribution in [2.24, 2.45) is 0 Å². The van der Waals surface area contributed by atoms with Crippen molar-refractivity contribution in [3.05, 3.63) is 12.3 Å². The smallest absolute Gasteiger partial charge is 0.381 e. The molecule has 1 heterocycles. The van der Waals surface area contributed by atoms with E-state index >= 15 is 0 Å². The Morgan fingerprint density at radius 2 is 2.00 bits per heavy atom. The third-order valence-electron chi connectivity index (χ3n) is 0.458. The summed E-state index contributed by atoms with van der Waals surface area (Å²) in [4.78, 5) is 21.6. The monoisotopic (exact) mass is 182 g/mol. The van der Waals surface area contributed by atoms with Gasteiger partial charge in [0.2, 0.25) is 0 Å². The molecular formula is C3H7N2O5P. The Bertz CT molecular complexity index is 220. The molecule has 8 heteroatoms. The summed E-state index contributed by atoms with van der Waals surface area (Å²) in [6.07, 6.45) is 1.43. The Kier molecular flexibility index (Phi) is 3.77. The molecule has 0 atom stereocenters. The second kappa shape index (κ2) is 4.09. The maximum atomic E-state index is 8.88. The van der Waals surface area contributed by atoms with Crippen molar-refractivity contribution in [1.29, 1.82) is 0 Å². The van der Waals surface area contributed by atoms with Gasteiger partial charge in [-0.3, -0.25) is 0 Å². The zero-order chi connectivity index (χ0) is 8.91. The number of nitrogens with two attached hydrogens (primary N) is 1. The van der Waals surface area contributed by atoms with Crippen molar-refractivity contribution in [2.75, 3.05) is 5.73 Å². The lowest BCUT2D eigenvalue weighted by Crippen LogP contribution is -1.79. The summed E-state index contributed by atoms with van der Waals surface area (Å²) in [5.74, 6) is 0.426. The molecule has 0 spiro atoms. The zero-order valence-electron chi connectivity index (χ0n) is 5.28. The second-order valence-electron chi connectivity index (χ2n) is 1.44. The molecular weight excluding hydrogens is 175 g/mol. The van der Waals surface area contributed by atoms with Gasteiger partial charge in [-0.25, -0.2) is 4.57 Å². The fourth-order valence-electron chi connectivity index (χ4n) is 0.222. The topological polar surface area (TPSA) is 130 Å². The number of hydrogen-bond acceptors (Lipinski definition) is 4. The van der Waals surface area contributed by atoms with Crippen molar-refractivity contribution in [3.8, 4) is 0 Å². The van der Waals surface area contributed by atoms with Crippen molar-refractivity contribution < 1.29 is 23.8 Å². The van der Waals surface area contributed by atoms with Crippen LogP contribution in [0.2, 0.25) is 0 Å². The number of rotatable bonds is 0. The second-order valence-corrected chi connectivity index (χ2v) is 2.46. The largest absolute Gasteiger partial charge is 0.466 e. The predicted octanol–water partition coefficient (Wildman–Crippen LogP) is -0.672. The van der Waals surface area contributed by atoms with Gasteiger partial charge in [-0.1, -0.05) is 5.16 Å². The van der Waals surface area contributed by atoms with Crippen molar-refractivity contribution in [3.63, 3.8) is 0 Å². The van der Waals surface area contributed by atoms with Gasteiger partial charge >= 0.3 is 7.82 Å². The number of hydrogen-bond donors (Lipinski definition) is 4. The Labute approximate surface area is 61.7 Å². The van der Waals surface area contributed by atoms with Gasteiger partial charge in [-0.2, -0.15) is 0 Å². The Balaban J connectivity index is 0.000000187. The lowest BCUT2D eigenvalue weighted by molar-refractivity contribution is 0.275. The molecule has 64 valence electrons. The number of anilines is 1. The van der Waals surface area contributed by atoms with Crippen LogP contribution in [0.5, 0.6) is 0 Å². The maximum Gasteiger partial charge on any atom is 0.466 e. The fraction of sp³-hybridized carbons (Fsp3) is 0. The van der Waals surface area contributed by atoms with E-state index in [4.69, 9.17) is 25.0 Å². The molecule has 0 amide bonds. The first-order chi connectivity index (χ1) is 4.89. The van der Waals surface area contributed by atoms with E-state index in [2.05, 4.69) is 9.68 Å². The highest BCUT2D eigenvalue weighted by Crippen LogP contribution is 2.25. The van der Waals surface area contributed by atoms with Crippen LogP contribution in [-0.2, 0) is 4.57 Å². The third-order valence-corrected chi connectivity index (χ3v) is 0.458. The van der Waals surface area contributed by atoms with E-state index in [9.17, 15) is 0 Å². The minimum Gasteiger partial charge on any atom is -0.381 e. The van der Waals surface area contributed by atoms with Gasteiger partial charge in [0, 0.05) is 6.07 Å². The van der Waals surface area contributed by atoms with E-state index in [1.54, 1.807) is 6.07 Å². The molecule has 0 saturated carbocycles. The highest BCUT2D eigenvalue weighted by atomic mass is 31.2. The van der Waals surface area contributed by atoms with E-state index in [0.717, 1.165) is 0 Å². The quantitative estimate of drug-likeness (QED) is 0.391. The first kappa shape index (κ1) is 10.1. The summed E-state index contributed by atoms with van der Waals surface area (Å²) in [6.45, 7) is 0. The first-order valence-electron chi connectivity index (χ1n) is 2.34. The van der Waals surface area contributed by atoms with Gasteiger partial charge in [0.15, 0.2) is 5.82 Å². The van der Waals surface area contributed by atoms with Gasteiger partial charge in [0.05, 0.1) is 0 Å². The number of aromatic nitrogens is 1. The number of phosphoric acid groups is 1. The summed E-state index contributed by atoms with van der Waals surface area (Å²) < 4.78 is 13.2. The molecule has 0 unspecified atom stereocenters. The molecule has 0 aliphatic rings. The Morgan fingerprint density at radius 3 is 2.09 bits per heavy atom. The molecule has 1 aromatic rings. The minimum atomic E-state index is -4.64. The SMILES string of the molecule is Nc1ccon1.O=P(O)(O)O. The highest BCUT2D eigenvalue weighted by Gasteiger charge is 2.00. The molecule has 0 bridgehead atoms. The molecule has 0 aliphatic carbocycles. The average molecular weight is 182 g/mol. The average Bonchev–Trinajstić information content (AvgIpc) is 2.12. The lowest BCUT2D eigenvalue weighted by Gasteiger charge is -1.82. The van der Waals surface area contributed by atoms with Crippen LogP contribution in [0.4, 0.5) is 5.82 Å². The molecule has 5 N–H and O–H groups in total. The van der Waals surface area contributed by atoms with Crippen LogP contribution < -0.4 is 5.73 Å². The highest BCUT2D eigenvalue weighted by molar-refractivity contribution is 7.45. The van der Waals surface area contributed by atoms with E-state index in [1.165, 1.54) is 6.26 Å². The van der Waals surface area contributed by atoms with E-state index in [-0.39, 0.29) is 0 Å².